The molecular formula is C26H26ClN3O4. The Balaban J connectivity index is 1.69. The van der Waals surface area contributed by atoms with E-state index in [9.17, 15) is 5.26 Å². The molecule has 7 nitrogen and oxygen atoms in total. The molecule has 0 saturated carbocycles. The minimum absolute atomic E-state index is 0.198. The van der Waals surface area contributed by atoms with E-state index in [0.717, 1.165) is 16.7 Å². The van der Waals surface area contributed by atoms with Crippen molar-refractivity contribution < 1.29 is 18.9 Å². The number of nitrogens with one attached hydrogen (secondary N) is 1. The van der Waals surface area contributed by atoms with Gasteiger partial charge in [-0.3, -0.25) is 0 Å². The second kappa shape index (κ2) is 12.4. The number of hydrazone groups is 1. The zero-order valence-electron chi connectivity index (χ0n) is 19.3. The molecule has 3 aromatic carbocycles. The van der Waals surface area contributed by atoms with Gasteiger partial charge in [0, 0.05) is 5.56 Å². The Hall–Kier alpha value is -3.89. The van der Waals surface area contributed by atoms with Crippen LogP contribution in [0, 0.1) is 11.3 Å². The molecule has 0 aliphatic carbocycles. The van der Waals surface area contributed by atoms with Gasteiger partial charge in [-0.25, -0.2) is 0 Å². The number of methoxy groups -OCH3 is 2. The summed E-state index contributed by atoms with van der Waals surface area (Å²) in [5, 5.41) is 14.0. The second-order valence-corrected chi connectivity index (χ2v) is 7.51. The second-order valence-electron chi connectivity index (χ2n) is 7.10. The van der Waals surface area contributed by atoms with Gasteiger partial charge in [-0.05, 0) is 48.4 Å². The van der Waals surface area contributed by atoms with Crippen LogP contribution in [0.4, 0.5) is 0 Å². The normalized spacial score (nSPS) is 10.6. The average molecular weight is 480 g/mol. The number of benzene rings is 3. The van der Waals surface area contributed by atoms with Crippen LogP contribution in [0.1, 0.15) is 29.2 Å². The van der Waals surface area contributed by atoms with E-state index in [2.05, 4.69) is 16.6 Å². The smallest absolute Gasteiger partial charge is 0.180 e. The Morgan fingerprint density at radius 3 is 2.53 bits per heavy atom. The summed E-state index contributed by atoms with van der Waals surface area (Å²) in [4.78, 5) is 0. The van der Waals surface area contributed by atoms with Gasteiger partial charge in [-0.15, -0.1) is 0 Å². The lowest BCUT2D eigenvalue weighted by atomic mass is 10.1. The van der Waals surface area contributed by atoms with Crippen molar-refractivity contribution >= 4 is 17.8 Å². The molecule has 1 N–H and O–H groups in total. The molecule has 0 atom stereocenters. The highest BCUT2D eigenvalue weighted by Gasteiger charge is 2.13. The fourth-order valence-corrected chi connectivity index (χ4v) is 3.49. The maximum absolute atomic E-state index is 9.28. The monoisotopic (exact) mass is 479 g/mol. The first-order valence-corrected chi connectivity index (χ1v) is 11.0. The maximum Gasteiger partial charge on any atom is 0.180 e. The number of ether oxygens (including phenoxy) is 4. The predicted octanol–water partition coefficient (Wildman–Crippen LogP) is 5.33. The summed E-state index contributed by atoms with van der Waals surface area (Å²) in [6, 6.07) is 18.7. The third kappa shape index (κ3) is 6.33. The van der Waals surface area contributed by atoms with E-state index in [-0.39, 0.29) is 6.61 Å². The molecule has 34 heavy (non-hydrogen) atoms. The topological polar surface area (TPSA) is 85.1 Å². The van der Waals surface area contributed by atoms with E-state index in [1.165, 1.54) is 0 Å². The van der Waals surface area contributed by atoms with Crippen LogP contribution in [0.3, 0.4) is 0 Å². The SMILES string of the molecule is CCOc1cc(/C=N\NCc2ccc(OC)c(OC)c2)cc(Cl)c1OCc1ccccc1C#N. The summed E-state index contributed by atoms with van der Waals surface area (Å²) in [5.74, 6) is 2.26. The van der Waals surface area contributed by atoms with E-state index in [1.807, 2.05) is 49.4 Å². The van der Waals surface area contributed by atoms with Crippen LogP contribution in [0.25, 0.3) is 0 Å². The van der Waals surface area contributed by atoms with Crippen LogP contribution in [0.15, 0.2) is 59.7 Å². The molecule has 0 radical (unpaired) electrons. The van der Waals surface area contributed by atoms with Gasteiger partial charge in [0.25, 0.3) is 0 Å². The molecule has 8 heteroatoms. The zero-order chi connectivity index (χ0) is 24.3. The minimum Gasteiger partial charge on any atom is -0.493 e. The highest BCUT2D eigenvalue weighted by atomic mass is 35.5. The quantitative estimate of drug-likeness (QED) is 0.295. The molecule has 0 aliphatic heterocycles. The number of nitrogens with zero attached hydrogens (tertiary/aromatic N) is 2. The first-order valence-electron chi connectivity index (χ1n) is 10.6. The first kappa shape index (κ1) is 24.7. The van der Waals surface area contributed by atoms with Crippen molar-refractivity contribution in [2.45, 2.75) is 20.1 Å². The fourth-order valence-electron chi connectivity index (χ4n) is 3.22. The molecule has 0 amide bonds. The van der Waals surface area contributed by atoms with Gasteiger partial charge in [-0.2, -0.15) is 10.4 Å². The number of nitriles is 1. The van der Waals surface area contributed by atoms with E-state index in [1.54, 1.807) is 32.6 Å². The van der Waals surface area contributed by atoms with Crippen molar-refractivity contribution in [3.05, 3.63) is 81.9 Å². The number of halogens is 1. The van der Waals surface area contributed by atoms with Gasteiger partial charge in [0.1, 0.15) is 6.61 Å². The van der Waals surface area contributed by atoms with Crippen LogP contribution >= 0.6 is 11.6 Å². The summed E-state index contributed by atoms with van der Waals surface area (Å²) in [6.45, 7) is 3.03. The molecule has 0 aliphatic rings. The van der Waals surface area contributed by atoms with Crippen molar-refractivity contribution in [2.75, 3.05) is 20.8 Å². The third-order valence-corrected chi connectivity index (χ3v) is 5.16. The van der Waals surface area contributed by atoms with Crippen LogP contribution in [0.5, 0.6) is 23.0 Å². The maximum atomic E-state index is 9.28. The number of hydrogen-bond acceptors (Lipinski definition) is 7. The molecule has 0 unspecified atom stereocenters. The minimum atomic E-state index is 0.198. The summed E-state index contributed by atoms with van der Waals surface area (Å²) in [5.41, 5.74) is 6.08. The van der Waals surface area contributed by atoms with Gasteiger partial charge in [0.2, 0.25) is 0 Å². The Kier molecular flexibility index (Phi) is 9.01. The molecule has 0 saturated heterocycles. The van der Waals surface area contributed by atoms with E-state index < -0.39 is 0 Å². The molecule has 0 fully saturated rings. The standard InChI is InChI=1S/C26H26ClN3O4/c1-4-33-25-13-19(16-30-29-15-18-9-10-23(31-2)24(12-18)32-3)11-22(27)26(25)34-17-21-8-6-5-7-20(21)14-28/h5-13,16,29H,4,15,17H2,1-3H3/b30-16-. The van der Waals surface area contributed by atoms with Crippen LogP contribution in [0.2, 0.25) is 5.02 Å². The Morgan fingerprint density at radius 2 is 1.79 bits per heavy atom. The van der Waals surface area contributed by atoms with Crippen molar-refractivity contribution in [2.24, 2.45) is 5.10 Å². The van der Waals surface area contributed by atoms with E-state index in [4.69, 9.17) is 30.5 Å². The van der Waals surface area contributed by atoms with Crippen molar-refractivity contribution in [1.82, 2.24) is 5.43 Å². The molecule has 3 aromatic rings. The Bertz CT molecular complexity index is 1190. The van der Waals surface area contributed by atoms with Gasteiger partial charge in [0.05, 0.1) is 50.2 Å². The lowest BCUT2D eigenvalue weighted by Crippen LogP contribution is -2.06. The number of rotatable bonds is 11. The zero-order valence-corrected chi connectivity index (χ0v) is 20.1. The predicted molar refractivity (Wildman–Crippen MR) is 132 cm³/mol. The third-order valence-electron chi connectivity index (χ3n) is 4.88. The van der Waals surface area contributed by atoms with E-state index in [0.29, 0.717) is 46.7 Å². The highest BCUT2D eigenvalue weighted by molar-refractivity contribution is 6.32. The Morgan fingerprint density at radius 1 is 1.00 bits per heavy atom. The van der Waals surface area contributed by atoms with Crippen LogP contribution < -0.4 is 24.4 Å². The number of hydrogen-bond donors (Lipinski definition) is 1. The lowest BCUT2D eigenvalue weighted by Gasteiger charge is -2.15. The van der Waals surface area contributed by atoms with Gasteiger partial charge >= 0.3 is 0 Å². The largest absolute Gasteiger partial charge is 0.493 e. The molecule has 0 spiro atoms. The van der Waals surface area contributed by atoms with Gasteiger partial charge < -0.3 is 24.4 Å². The van der Waals surface area contributed by atoms with Gasteiger partial charge in [0.15, 0.2) is 23.0 Å². The fraction of sp³-hybridized carbons (Fsp3) is 0.231. The molecular weight excluding hydrogens is 454 g/mol. The Labute approximate surface area is 204 Å². The molecule has 3 rings (SSSR count). The highest BCUT2D eigenvalue weighted by Crippen LogP contribution is 2.37. The van der Waals surface area contributed by atoms with Crippen molar-refractivity contribution in [3.8, 4) is 29.1 Å². The first-order chi connectivity index (χ1) is 16.6. The molecule has 176 valence electrons. The summed E-state index contributed by atoms with van der Waals surface area (Å²) in [7, 11) is 3.20. The molecule has 0 heterocycles. The van der Waals surface area contributed by atoms with Crippen LogP contribution in [-0.4, -0.2) is 27.0 Å². The van der Waals surface area contributed by atoms with Gasteiger partial charge in [-0.1, -0.05) is 35.9 Å². The summed E-state index contributed by atoms with van der Waals surface area (Å²) < 4.78 is 22.3. The van der Waals surface area contributed by atoms with Crippen molar-refractivity contribution in [3.63, 3.8) is 0 Å². The average Bonchev–Trinajstić information content (AvgIpc) is 2.86. The van der Waals surface area contributed by atoms with E-state index >= 15 is 0 Å². The lowest BCUT2D eigenvalue weighted by molar-refractivity contribution is 0.269. The van der Waals surface area contributed by atoms with Crippen molar-refractivity contribution in [1.29, 1.82) is 5.26 Å². The molecule has 0 bridgehead atoms. The summed E-state index contributed by atoms with van der Waals surface area (Å²) in [6.07, 6.45) is 1.66. The summed E-state index contributed by atoms with van der Waals surface area (Å²) >= 11 is 6.50. The van der Waals surface area contributed by atoms with Crippen LogP contribution in [-0.2, 0) is 13.2 Å². The molecule has 0 aromatic heterocycles.